The van der Waals surface area contributed by atoms with Crippen LogP contribution in [0.2, 0.25) is 0 Å². The second-order valence-electron chi connectivity index (χ2n) is 3.91. The van der Waals surface area contributed by atoms with Gasteiger partial charge < -0.3 is 5.32 Å². The average Bonchev–Trinajstić information content (AvgIpc) is 2.42. The Hall–Kier alpha value is -2.09. The molecule has 0 aliphatic heterocycles. The summed E-state index contributed by atoms with van der Waals surface area (Å²) >= 11 is 0. The van der Waals surface area contributed by atoms with Gasteiger partial charge in [-0.15, -0.1) is 0 Å². The Bertz CT molecular complexity index is 445. The van der Waals surface area contributed by atoms with Crippen LogP contribution in [0.15, 0.2) is 67.3 Å². The Balaban J connectivity index is 2.81. The first-order valence-corrected chi connectivity index (χ1v) is 6.03. The highest BCUT2D eigenvalue weighted by molar-refractivity contribution is 5.96. The fraction of sp³-hybridized carbons (Fsp3) is 0.188. The maximum Gasteiger partial charge on any atom is 0.251 e. The fourth-order valence-corrected chi connectivity index (χ4v) is 1.71. The van der Waals surface area contributed by atoms with Crippen LogP contribution in [0.25, 0.3) is 0 Å². The summed E-state index contributed by atoms with van der Waals surface area (Å²) in [4.78, 5) is 12.0. The summed E-state index contributed by atoms with van der Waals surface area (Å²) in [7, 11) is 0. The van der Waals surface area contributed by atoms with Gasteiger partial charge in [0.25, 0.3) is 5.91 Å². The van der Waals surface area contributed by atoms with Gasteiger partial charge >= 0.3 is 0 Å². The number of amides is 1. The van der Waals surface area contributed by atoms with Gasteiger partial charge in [-0.3, -0.25) is 4.79 Å². The zero-order valence-corrected chi connectivity index (χ0v) is 10.7. The van der Waals surface area contributed by atoms with E-state index in [1.54, 1.807) is 12.2 Å². The normalized spacial score (nSPS) is 12.6. The second kappa shape index (κ2) is 7.28. The lowest BCUT2D eigenvalue weighted by Gasteiger charge is -2.17. The summed E-state index contributed by atoms with van der Waals surface area (Å²) in [6, 6.07) is 9.95. The van der Waals surface area contributed by atoms with Gasteiger partial charge in [-0.2, -0.15) is 0 Å². The van der Waals surface area contributed by atoms with Crippen molar-refractivity contribution in [1.82, 2.24) is 5.32 Å². The monoisotopic (exact) mass is 241 g/mol. The van der Waals surface area contributed by atoms with Crippen LogP contribution in [-0.2, 0) is 4.79 Å². The van der Waals surface area contributed by atoms with Gasteiger partial charge in [-0.1, -0.05) is 68.6 Å². The predicted molar refractivity (Wildman–Crippen MR) is 76.1 cm³/mol. The Labute approximate surface area is 109 Å². The van der Waals surface area contributed by atoms with E-state index in [2.05, 4.69) is 18.5 Å². The van der Waals surface area contributed by atoms with E-state index >= 15 is 0 Å². The molecular formula is C16H19NO. The third-order valence-electron chi connectivity index (χ3n) is 2.70. The third kappa shape index (κ3) is 3.74. The zero-order valence-electron chi connectivity index (χ0n) is 10.7. The van der Waals surface area contributed by atoms with Crippen LogP contribution in [-0.4, -0.2) is 5.91 Å². The van der Waals surface area contributed by atoms with Crippen molar-refractivity contribution in [3.63, 3.8) is 0 Å². The highest BCUT2D eigenvalue weighted by atomic mass is 16.1. The van der Waals surface area contributed by atoms with Crippen molar-refractivity contribution in [3.8, 4) is 0 Å². The van der Waals surface area contributed by atoms with Crippen molar-refractivity contribution in [2.45, 2.75) is 19.4 Å². The number of hydrogen-bond acceptors (Lipinski definition) is 1. The number of allylic oxidation sites excluding steroid dienone is 2. The smallest absolute Gasteiger partial charge is 0.251 e. The largest absolute Gasteiger partial charge is 0.345 e. The highest BCUT2D eigenvalue weighted by Gasteiger charge is 2.13. The van der Waals surface area contributed by atoms with Crippen molar-refractivity contribution >= 4 is 5.91 Å². The summed E-state index contributed by atoms with van der Waals surface area (Å²) in [5.41, 5.74) is 1.63. The Morgan fingerprint density at radius 1 is 1.33 bits per heavy atom. The Morgan fingerprint density at radius 3 is 2.50 bits per heavy atom. The number of carbonyl (C=O) groups is 1. The van der Waals surface area contributed by atoms with Gasteiger partial charge in [0.2, 0.25) is 0 Å². The van der Waals surface area contributed by atoms with Crippen molar-refractivity contribution in [3.05, 3.63) is 72.9 Å². The molecule has 1 aromatic rings. The van der Waals surface area contributed by atoms with Crippen LogP contribution in [0, 0.1) is 0 Å². The molecule has 0 spiro atoms. The van der Waals surface area contributed by atoms with Gasteiger partial charge in [-0.05, 0) is 12.0 Å². The standard InChI is InChI=1S/C16H19NO/c1-4-10-13(5-2)16(18)17-15(6-3)14-11-8-7-9-12-14/h4-5,7-12,15H,1-2,6H2,3H3,(H,17,18). The molecule has 1 aromatic carbocycles. The first kappa shape index (κ1) is 14.0. The lowest BCUT2D eigenvalue weighted by atomic mass is 10.0. The average molecular weight is 241 g/mol. The summed E-state index contributed by atoms with van der Waals surface area (Å²) in [5, 5.41) is 2.99. The quantitative estimate of drug-likeness (QED) is 0.599. The minimum atomic E-state index is -0.124. The van der Waals surface area contributed by atoms with Crippen molar-refractivity contribution in [1.29, 1.82) is 0 Å². The molecule has 0 heterocycles. The molecule has 1 amide bonds. The minimum Gasteiger partial charge on any atom is -0.345 e. The summed E-state index contributed by atoms with van der Waals surface area (Å²) in [5.74, 6) is -0.124. The Morgan fingerprint density at radius 2 is 2.00 bits per heavy atom. The van der Waals surface area contributed by atoms with Crippen LogP contribution >= 0.6 is 0 Å². The maximum absolute atomic E-state index is 12.0. The van der Waals surface area contributed by atoms with E-state index in [-0.39, 0.29) is 11.9 Å². The van der Waals surface area contributed by atoms with Gasteiger partial charge in [0.15, 0.2) is 0 Å². The van der Waals surface area contributed by atoms with Crippen molar-refractivity contribution < 1.29 is 4.79 Å². The summed E-state index contributed by atoms with van der Waals surface area (Å²) in [6.45, 7) is 9.26. The van der Waals surface area contributed by atoms with Crippen molar-refractivity contribution in [2.24, 2.45) is 0 Å². The van der Waals surface area contributed by atoms with Crippen LogP contribution in [0.3, 0.4) is 0 Å². The molecule has 0 bridgehead atoms. The first-order chi connectivity index (χ1) is 8.72. The molecule has 0 radical (unpaired) electrons. The minimum absolute atomic E-state index is 0.0202. The molecule has 0 saturated carbocycles. The van der Waals surface area contributed by atoms with E-state index in [9.17, 15) is 4.79 Å². The second-order valence-corrected chi connectivity index (χ2v) is 3.91. The number of rotatable bonds is 6. The molecule has 1 rings (SSSR count). The first-order valence-electron chi connectivity index (χ1n) is 6.03. The van der Waals surface area contributed by atoms with Crippen LogP contribution in [0.1, 0.15) is 24.9 Å². The lowest BCUT2D eigenvalue weighted by Crippen LogP contribution is -2.28. The highest BCUT2D eigenvalue weighted by Crippen LogP contribution is 2.16. The zero-order chi connectivity index (χ0) is 13.4. The van der Waals surface area contributed by atoms with E-state index < -0.39 is 0 Å². The number of carbonyl (C=O) groups excluding carboxylic acids is 1. The molecule has 2 heteroatoms. The van der Waals surface area contributed by atoms with E-state index in [1.807, 2.05) is 37.3 Å². The third-order valence-corrected chi connectivity index (χ3v) is 2.70. The summed E-state index contributed by atoms with van der Waals surface area (Å²) < 4.78 is 0. The SMILES string of the molecule is C=CC=C(C=C)C(=O)NC(CC)c1ccccc1. The molecule has 0 aromatic heterocycles. The molecule has 0 saturated heterocycles. The molecular weight excluding hydrogens is 222 g/mol. The molecule has 1 atom stereocenters. The lowest BCUT2D eigenvalue weighted by molar-refractivity contribution is -0.117. The number of benzene rings is 1. The number of nitrogens with one attached hydrogen (secondary N) is 1. The molecule has 1 unspecified atom stereocenters. The topological polar surface area (TPSA) is 29.1 Å². The van der Waals surface area contributed by atoms with E-state index in [0.29, 0.717) is 5.57 Å². The van der Waals surface area contributed by atoms with Crippen LogP contribution in [0.5, 0.6) is 0 Å². The van der Waals surface area contributed by atoms with Crippen LogP contribution < -0.4 is 5.32 Å². The molecule has 0 fully saturated rings. The molecule has 0 aliphatic carbocycles. The molecule has 18 heavy (non-hydrogen) atoms. The molecule has 94 valence electrons. The predicted octanol–water partition coefficient (Wildman–Crippen LogP) is 3.55. The molecule has 0 aliphatic rings. The number of hydrogen-bond donors (Lipinski definition) is 1. The van der Waals surface area contributed by atoms with E-state index in [0.717, 1.165) is 12.0 Å². The molecule has 2 nitrogen and oxygen atoms in total. The molecule has 1 N–H and O–H groups in total. The van der Waals surface area contributed by atoms with Crippen LogP contribution in [0.4, 0.5) is 0 Å². The fourth-order valence-electron chi connectivity index (χ4n) is 1.71. The van der Waals surface area contributed by atoms with E-state index in [1.165, 1.54) is 6.08 Å². The Kier molecular flexibility index (Phi) is 5.65. The van der Waals surface area contributed by atoms with Gasteiger partial charge in [0.1, 0.15) is 0 Å². The van der Waals surface area contributed by atoms with E-state index in [4.69, 9.17) is 0 Å². The van der Waals surface area contributed by atoms with Gasteiger partial charge in [-0.25, -0.2) is 0 Å². The maximum atomic E-state index is 12.0. The summed E-state index contributed by atoms with van der Waals surface area (Å²) in [6.07, 6.45) is 5.61. The van der Waals surface area contributed by atoms with Gasteiger partial charge in [0.05, 0.1) is 6.04 Å². The van der Waals surface area contributed by atoms with Crippen molar-refractivity contribution in [2.75, 3.05) is 0 Å². The van der Waals surface area contributed by atoms with Gasteiger partial charge in [0, 0.05) is 5.57 Å².